The molecule has 0 amide bonds. The van der Waals surface area contributed by atoms with Crippen LogP contribution in [-0.2, 0) is 6.54 Å². The van der Waals surface area contributed by atoms with Gasteiger partial charge in [0.05, 0.1) is 5.02 Å². The van der Waals surface area contributed by atoms with Crippen LogP contribution in [0.15, 0.2) is 22.7 Å². The van der Waals surface area contributed by atoms with Crippen LogP contribution in [0, 0.1) is 0 Å². The Kier molecular flexibility index (Phi) is 4.47. The van der Waals surface area contributed by atoms with E-state index in [1.165, 1.54) is 5.56 Å². The number of piperazine rings is 1. The molecule has 0 bridgehead atoms. The Balaban J connectivity index is 2.02. The quantitative estimate of drug-likeness (QED) is 0.900. The van der Waals surface area contributed by atoms with Gasteiger partial charge in [-0.25, -0.2) is 0 Å². The highest BCUT2D eigenvalue weighted by atomic mass is 79.9. The monoisotopic (exact) mass is 316 g/mol. The zero-order valence-corrected chi connectivity index (χ0v) is 12.6. The Labute approximate surface area is 116 Å². The molecule has 2 rings (SSSR count). The van der Waals surface area contributed by atoms with Crippen LogP contribution in [0.5, 0.6) is 0 Å². The van der Waals surface area contributed by atoms with Crippen LogP contribution in [0.4, 0.5) is 0 Å². The van der Waals surface area contributed by atoms with E-state index < -0.39 is 0 Å². The van der Waals surface area contributed by atoms with Crippen molar-refractivity contribution in [3.8, 4) is 0 Å². The lowest BCUT2D eigenvalue weighted by atomic mass is 10.1. The first kappa shape index (κ1) is 13.3. The summed E-state index contributed by atoms with van der Waals surface area (Å²) in [4.78, 5) is 2.49. The molecule has 1 aromatic carbocycles. The van der Waals surface area contributed by atoms with Crippen molar-refractivity contribution in [2.24, 2.45) is 0 Å². The van der Waals surface area contributed by atoms with Gasteiger partial charge < -0.3 is 5.32 Å². The highest BCUT2D eigenvalue weighted by molar-refractivity contribution is 9.10. The number of benzene rings is 1. The van der Waals surface area contributed by atoms with Crippen LogP contribution in [0.1, 0.15) is 19.4 Å². The Morgan fingerprint density at radius 2 is 2.00 bits per heavy atom. The molecule has 1 aliphatic heterocycles. The van der Waals surface area contributed by atoms with Crippen molar-refractivity contribution in [3.05, 3.63) is 33.3 Å². The smallest absolute Gasteiger partial charge is 0.0548 e. The summed E-state index contributed by atoms with van der Waals surface area (Å²) in [5.74, 6) is 0. The van der Waals surface area contributed by atoms with Gasteiger partial charge in [-0.05, 0) is 47.5 Å². The molecule has 17 heavy (non-hydrogen) atoms. The second-order valence-electron chi connectivity index (χ2n) is 4.91. The number of hydrogen-bond acceptors (Lipinski definition) is 2. The Morgan fingerprint density at radius 1 is 1.35 bits per heavy atom. The van der Waals surface area contributed by atoms with Gasteiger partial charge in [0.2, 0.25) is 0 Å². The summed E-state index contributed by atoms with van der Waals surface area (Å²) in [7, 11) is 0. The van der Waals surface area contributed by atoms with Gasteiger partial charge in [-0.3, -0.25) is 4.90 Å². The van der Waals surface area contributed by atoms with Gasteiger partial charge in [-0.2, -0.15) is 0 Å². The molecule has 0 radical (unpaired) electrons. The van der Waals surface area contributed by atoms with Gasteiger partial charge >= 0.3 is 0 Å². The molecule has 2 unspecified atom stereocenters. The van der Waals surface area contributed by atoms with Crippen LogP contribution in [-0.4, -0.2) is 30.1 Å². The molecular formula is C13H18BrClN2. The third-order valence-corrected chi connectivity index (χ3v) is 4.24. The summed E-state index contributed by atoms with van der Waals surface area (Å²) in [6.45, 7) is 7.67. The first-order chi connectivity index (χ1) is 8.04. The molecule has 1 fully saturated rings. The normalized spacial score (nSPS) is 26.1. The van der Waals surface area contributed by atoms with Crippen molar-refractivity contribution in [1.82, 2.24) is 10.2 Å². The Morgan fingerprint density at radius 3 is 2.59 bits per heavy atom. The maximum atomic E-state index is 6.00. The summed E-state index contributed by atoms with van der Waals surface area (Å²) in [5, 5.41) is 4.32. The van der Waals surface area contributed by atoms with Crippen molar-refractivity contribution in [1.29, 1.82) is 0 Å². The van der Waals surface area contributed by atoms with E-state index in [9.17, 15) is 0 Å². The van der Waals surface area contributed by atoms with Crippen molar-refractivity contribution < 1.29 is 0 Å². The van der Waals surface area contributed by atoms with Gasteiger partial charge in [-0.15, -0.1) is 0 Å². The standard InChI is InChI=1S/C13H18BrClN2/c1-9-6-17(7-10(2)16-9)8-11-3-4-13(15)12(14)5-11/h3-5,9-10,16H,6-8H2,1-2H3. The van der Waals surface area contributed by atoms with Gasteiger partial charge in [0.15, 0.2) is 0 Å². The average Bonchev–Trinajstić information content (AvgIpc) is 2.22. The van der Waals surface area contributed by atoms with Crippen LogP contribution in [0.25, 0.3) is 0 Å². The van der Waals surface area contributed by atoms with Crippen molar-refractivity contribution in [2.45, 2.75) is 32.5 Å². The highest BCUT2D eigenvalue weighted by Gasteiger charge is 2.20. The highest BCUT2D eigenvalue weighted by Crippen LogP contribution is 2.24. The molecular weight excluding hydrogens is 300 g/mol. The van der Waals surface area contributed by atoms with E-state index in [1.807, 2.05) is 6.07 Å². The molecule has 1 aliphatic rings. The van der Waals surface area contributed by atoms with Gasteiger partial charge in [0, 0.05) is 36.2 Å². The zero-order chi connectivity index (χ0) is 12.4. The lowest BCUT2D eigenvalue weighted by Gasteiger charge is -2.36. The topological polar surface area (TPSA) is 15.3 Å². The molecule has 0 saturated carbocycles. The Bertz CT molecular complexity index is 387. The summed E-state index contributed by atoms with van der Waals surface area (Å²) in [6, 6.07) is 7.30. The van der Waals surface area contributed by atoms with E-state index in [2.05, 4.69) is 52.1 Å². The van der Waals surface area contributed by atoms with Crippen LogP contribution < -0.4 is 5.32 Å². The second kappa shape index (κ2) is 5.70. The molecule has 1 heterocycles. The lowest BCUT2D eigenvalue weighted by molar-refractivity contribution is 0.166. The summed E-state index contributed by atoms with van der Waals surface area (Å²) in [6.07, 6.45) is 0. The molecule has 4 heteroatoms. The Hall–Kier alpha value is -0.0900. The molecule has 1 N–H and O–H groups in total. The maximum absolute atomic E-state index is 6.00. The fourth-order valence-electron chi connectivity index (χ4n) is 2.47. The number of nitrogens with zero attached hydrogens (tertiary/aromatic N) is 1. The first-order valence-electron chi connectivity index (χ1n) is 5.97. The van der Waals surface area contributed by atoms with E-state index in [4.69, 9.17) is 11.6 Å². The summed E-state index contributed by atoms with van der Waals surface area (Å²) >= 11 is 9.47. The van der Waals surface area contributed by atoms with Crippen molar-refractivity contribution in [3.63, 3.8) is 0 Å². The van der Waals surface area contributed by atoms with Gasteiger partial charge in [0.1, 0.15) is 0 Å². The molecule has 1 saturated heterocycles. The predicted octanol–water partition coefficient (Wildman–Crippen LogP) is 3.28. The lowest BCUT2D eigenvalue weighted by Crippen LogP contribution is -2.53. The van der Waals surface area contributed by atoms with E-state index in [-0.39, 0.29) is 0 Å². The predicted molar refractivity (Wildman–Crippen MR) is 76.5 cm³/mol. The fourth-order valence-corrected chi connectivity index (χ4v) is 3.01. The van der Waals surface area contributed by atoms with Gasteiger partial charge in [-0.1, -0.05) is 17.7 Å². The number of nitrogens with one attached hydrogen (secondary N) is 1. The maximum Gasteiger partial charge on any atom is 0.0548 e. The molecule has 1 aromatic rings. The van der Waals surface area contributed by atoms with Gasteiger partial charge in [0.25, 0.3) is 0 Å². The first-order valence-corrected chi connectivity index (χ1v) is 7.14. The number of hydrogen-bond donors (Lipinski definition) is 1. The van der Waals surface area contributed by atoms with Crippen LogP contribution in [0.2, 0.25) is 5.02 Å². The second-order valence-corrected chi connectivity index (χ2v) is 6.17. The molecule has 2 atom stereocenters. The largest absolute Gasteiger partial charge is 0.309 e. The van der Waals surface area contributed by atoms with E-state index in [1.54, 1.807) is 0 Å². The van der Waals surface area contributed by atoms with E-state index in [0.717, 1.165) is 29.1 Å². The van der Waals surface area contributed by atoms with Crippen molar-refractivity contribution >= 4 is 27.5 Å². The summed E-state index contributed by atoms with van der Waals surface area (Å²) in [5.41, 5.74) is 1.31. The number of halogens is 2. The molecule has 0 aromatic heterocycles. The van der Waals surface area contributed by atoms with E-state index in [0.29, 0.717) is 12.1 Å². The molecule has 2 nitrogen and oxygen atoms in total. The van der Waals surface area contributed by atoms with E-state index >= 15 is 0 Å². The third-order valence-electron chi connectivity index (χ3n) is 3.02. The minimum Gasteiger partial charge on any atom is -0.309 e. The van der Waals surface area contributed by atoms with Crippen LogP contribution in [0.3, 0.4) is 0 Å². The zero-order valence-electron chi connectivity index (χ0n) is 10.2. The van der Waals surface area contributed by atoms with Crippen LogP contribution >= 0.6 is 27.5 Å². The fraction of sp³-hybridized carbons (Fsp3) is 0.538. The summed E-state index contributed by atoms with van der Waals surface area (Å²) < 4.78 is 0.980. The van der Waals surface area contributed by atoms with Crippen molar-refractivity contribution in [2.75, 3.05) is 13.1 Å². The molecule has 94 valence electrons. The SMILES string of the molecule is CC1CN(Cc2ccc(Cl)c(Br)c2)CC(C)N1. The minimum absolute atomic E-state index is 0.564. The number of rotatable bonds is 2. The molecule has 0 aliphatic carbocycles. The minimum atomic E-state index is 0.564. The molecule has 0 spiro atoms. The average molecular weight is 318 g/mol. The third kappa shape index (κ3) is 3.68.